The van der Waals surface area contributed by atoms with Crippen molar-refractivity contribution >= 4 is 16.5 Å². The van der Waals surface area contributed by atoms with E-state index < -0.39 is 48.4 Å². The van der Waals surface area contributed by atoms with Gasteiger partial charge >= 0.3 is 16.5 Å². The predicted molar refractivity (Wildman–Crippen MR) is 100 cm³/mol. The molecule has 10 heteroatoms. The average Bonchev–Trinajstić information content (AvgIpc) is 2.70. The largest absolute Gasteiger partial charge is 0.694 e. The van der Waals surface area contributed by atoms with Gasteiger partial charge in [-0.25, -0.2) is 0 Å². The molecule has 0 amide bonds. The van der Waals surface area contributed by atoms with Gasteiger partial charge in [0, 0.05) is 9.13 Å². The monoisotopic (exact) mass is 416 g/mol. The zero-order valence-corrected chi connectivity index (χ0v) is 16.2. The van der Waals surface area contributed by atoms with E-state index in [-0.39, 0.29) is 0 Å². The van der Waals surface area contributed by atoms with Crippen molar-refractivity contribution < 1.29 is 38.2 Å². The summed E-state index contributed by atoms with van der Waals surface area (Å²) in [5.74, 6) is 0. The first-order chi connectivity index (χ1) is 12.9. The third-order valence-corrected chi connectivity index (χ3v) is 4.21. The summed E-state index contributed by atoms with van der Waals surface area (Å²) in [6.07, 6.45) is 0. The second kappa shape index (κ2) is 12.7. The van der Waals surface area contributed by atoms with Gasteiger partial charge < -0.3 is 10.2 Å². The van der Waals surface area contributed by atoms with Crippen LogP contribution in [0.2, 0.25) is 0 Å². The van der Waals surface area contributed by atoms with Crippen LogP contribution in [0.15, 0.2) is 60.7 Å². The molecular formula is C17H22O8P2+2. The number of benzene rings is 2. The van der Waals surface area contributed by atoms with Gasteiger partial charge in [0.25, 0.3) is 0 Å². The molecule has 0 aliphatic carbocycles. The Kier molecular flexibility index (Phi) is 11.0. The average molecular weight is 416 g/mol. The zero-order chi connectivity index (χ0) is 20.1. The minimum absolute atomic E-state index is 0.463. The van der Waals surface area contributed by atoms with Crippen molar-refractivity contribution in [2.24, 2.45) is 5.41 Å². The first-order valence-corrected chi connectivity index (χ1v) is 10.1. The fourth-order valence-electron chi connectivity index (χ4n) is 1.92. The fraction of sp³-hybridized carbons (Fsp3) is 0.294. The second-order valence-electron chi connectivity index (χ2n) is 5.57. The highest BCUT2D eigenvalue weighted by Gasteiger charge is 2.37. The molecule has 2 rings (SSSR count). The van der Waals surface area contributed by atoms with E-state index in [1.54, 1.807) is 0 Å². The Bertz CT molecular complexity index is 635. The molecule has 0 bridgehead atoms. The Labute approximate surface area is 158 Å². The third kappa shape index (κ3) is 9.24. The summed E-state index contributed by atoms with van der Waals surface area (Å²) in [4.78, 5) is 16.7. The van der Waals surface area contributed by atoms with Crippen LogP contribution in [0.3, 0.4) is 0 Å². The molecule has 2 unspecified atom stereocenters. The Morgan fingerprint density at radius 1 is 0.704 bits per heavy atom. The quantitative estimate of drug-likeness (QED) is 0.459. The standard InChI is InChI=1S/C12H10.C5H10O8P2/c1-3-7-11(8-4-1)12-9-5-2-6-10-12;6-1-5(2-7,3-12-14(8)9)4-13-15(10)11/h1-10H;6-7H,1-4H2/p+2. The third-order valence-electron chi connectivity index (χ3n) is 3.51. The highest BCUT2D eigenvalue weighted by Crippen LogP contribution is 2.27. The molecule has 4 N–H and O–H groups in total. The summed E-state index contributed by atoms with van der Waals surface area (Å²) >= 11 is 0. The molecule has 0 fully saturated rings. The topological polar surface area (TPSA) is 134 Å². The molecule has 0 heterocycles. The SMILES string of the molecule is O=[P+](O)OCC(CO)(CO)CO[P+](=O)O.c1ccc(-c2ccccc2)cc1. The lowest BCUT2D eigenvalue weighted by Crippen LogP contribution is -2.38. The van der Waals surface area contributed by atoms with E-state index in [1.807, 2.05) is 12.1 Å². The van der Waals surface area contributed by atoms with E-state index in [0.717, 1.165) is 0 Å². The molecular weight excluding hydrogens is 394 g/mol. The molecule has 0 aromatic heterocycles. The number of aliphatic hydroxyl groups excluding tert-OH is 2. The van der Waals surface area contributed by atoms with Crippen LogP contribution in [-0.2, 0) is 18.2 Å². The molecule has 0 aliphatic heterocycles. The Morgan fingerprint density at radius 3 is 1.30 bits per heavy atom. The number of hydrogen-bond donors (Lipinski definition) is 4. The van der Waals surface area contributed by atoms with E-state index in [0.29, 0.717) is 0 Å². The molecule has 2 aromatic rings. The molecule has 0 saturated heterocycles. The van der Waals surface area contributed by atoms with Crippen molar-refractivity contribution in [3.05, 3.63) is 60.7 Å². The van der Waals surface area contributed by atoms with Gasteiger partial charge in [0.05, 0.1) is 18.6 Å². The van der Waals surface area contributed by atoms with Gasteiger partial charge in [0.15, 0.2) is 0 Å². The van der Waals surface area contributed by atoms with Crippen LogP contribution in [-0.4, -0.2) is 46.4 Å². The number of hydrogen-bond acceptors (Lipinski definition) is 6. The molecule has 2 atom stereocenters. The van der Waals surface area contributed by atoms with Gasteiger partial charge in [-0.3, -0.25) is 0 Å². The van der Waals surface area contributed by atoms with Crippen LogP contribution in [0.4, 0.5) is 0 Å². The van der Waals surface area contributed by atoms with Crippen molar-refractivity contribution in [3.8, 4) is 11.1 Å². The first kappa shape index (κ1) is 23.4. The smallest absolute Gasteiger partial charge is 0.396 e. The minimum Gasteiger partial charge on any atom is -0.396 e. The molecule has 0 aliphatic rings. The van der Waals surface area contributed by atoms with Crippen LogP contribution in [0.1, 0.15) is 0 Å². The van der Waals surface area contributed by atoms with Gasteiger partial charge in [-0.2, -0.15) is 0 Å². The summed E-state index contributed by atoms with van der Waals surface area (Å²) in [6.45, 7) is -2.16. The van der Waals surface area contributed by atoms with E-state index in [2.05, 4.69) is 57.6 Å². The van der Waals surface area contributed by atoms with Gasteiger partial charge in [-0.1, -0.05) is 60.7 Å². The van der Waals surface area contributed by atoms with Crippen LogP contribution in [0.5, 0.6) is 0 Å². The van der Waals surface area contributed by atoms with Crippen molar-refractivity contribution in [3.63, 3.8) is 0 Å². The summed E-state index contributed by atoms with van der Waals surface area (Å²) in [5, 5.41) is 17.9. The zero-order valence-electron chi connectivity index (χ0n) is 14.4. The van der Waals surface area contributed by atoms with Gasteiger partial charge in [-0.05, 0) is 11.1 Å². The first-order valence-electron chi connectivity index (χ1n) is 7.83. The summed E-state index contributed by atoms with van der Waals surface area (Å²) in [6, 6.07) is 20.8. The Balaban J connectivity index is 0.000000274. The maximum absolute atomic E-state index is 10.2. The van der Waals surface area contributed by atoms with Crippen LogP contribution in [0, 0.1) is 5.41 Å². The van der Waals surface area contributed by atoms with E-state index in [9.17, 15) is 9.13 Å². The van der Waals surface area contributed by atoms with E-state index >= 15 is 0 Å². The maximum Gasteiger partial charge on any atom is 0.694 e. The second-order valence-corrected chi connectivity index (χ2v) is 7.04. The van der Waals surface area contributed by atoms with Crippen molar-refractivity contribution in [2.45, 2.75) is 0 Å². The highest BCUT2D eigenvalue weighted by molar-refractivity contribution is 7.32. The normalized spacial score (nSPS) is 12.0. The predicted octanol–water partition coefficient (Wildman–Crippen LogP) is 2.64. The molecule has 0 radical (unpaired) electrons. The van der Waals surface area contributed by atoms with Crippen LogP contribution in [0.25, 0.3) is 11.1 Å². The molecule has 0 spiro atoms. The summed E-state index contributed by atoms with van der Waals surface area (Å²) in [7, 11) is -5.73. The highest BCUT2D eigenvalue weighted by atomic mass is 31.1. The van der Waals surface area contributed by atoms with Gasteiger partial charge in [0.2, 0.25) is 0 Å². The van der Waals surface area contributed by atoms with E-state index in [4.69, 9.17) is 20.0 Å². The maximum atomic E-state index is 10.2. The number of aliphatic hydroxyl groups is 2. The lowest BCUT2D eigenvalue weighted by molar-refractivity contribution is -0.0193. The van der Waals surface area contributed by atoms with E-state index in [1.165, 1.54) is 11.1 Å². The molecule has 146 valence electrons. The van der Waals surface area contributed by atoms with Gasteiger partial charge in [0.1, 0.15) is 13.2 Å². The van der Waals surface area contributed by atoms with Gasteiger partial charge in [-0.15, -0.1) is 18.8 Å². The van der Waals surface area contributed by atoms with Crippen molar-refractivity contribution in [1.82, 2.24) is 0 Å². The Morgan fingerprint density at radius 2 is 1.04 bits per heavy atom. The lowest BCUT2D eigenvalue weighted by atomic mass is 9.93. The number of rotatable bonds is 9. The lowest BCUT2D eigenvalue weighted by Gasteiger charge is -2.23. The van der Waals surface area contributed by atoms with Crippen LogP contribution < -0.4 is 0 Å². The van der Waals surface area contributed by atoms with Crippen molar-refractivity contribution in [1.29, 1.82) is 0 Å². The molecule has 27 heavy (non-hydrogen) atoms. The molecule has 8 nitrogen and oxygen atoms in total. The Hall–Kier alpha value is -1.60. The molecule has 0 saturated carbocycles. The minimum atomic E-state index is -2.87. The summed E-state index contributed by atoms with van der Waals surface area (Å²) < 4.78 is 29.1. The fourth-order valence-corrected chi connectivity index (χ4v) is 2.69. The van der Waals surface area contributed by atoms with Crippen molar-refractivity contribution in [2.75, 3.05) is 26.4 Å². The van der Waals surface area contributed by atoms with Crippen LogP contribution >= 0.6 is 16.5 Å². The molecule has 2 aromatic carbocycles. The summed E-state index contributed by atoms with van der Waals surface area (Å²) in [5.41, 5.74) is 1.18.